The van der Waals surface area contributed by atoms with Gasteiger partial charge in [0.2, 0.25) is 5.56 Å². The van der Waals surface area contributed by atoms with Crippen LogP contribution in [0.25, 0.3) is 22.2 Å². The number of thiophene rings is 1. The second-order valence-electron chi connectivity index (χ2n) is 7.51. The topological polar surface area (TPSA) is 114 Å². The van der Waals surface area contributed by atoms with E-state index in [-0.39, 0.29) is 27.3 Å². The van der Waals surface area contributed by atoms with Crippen LogP contribution < -0.4 is 11.0 Å². The summed E-state index contributed by atoms with van der Waals surface area (Å²) >= 11 is 6.68. The summed E-state index contributed by atoms with van der Waals surface area (Å²) in [7, 11) is -3.77. The van der Waals surface area contributed by atoms with Crippen LogP contribution in [0.1, 0.15) is 11.1 Å². The molecule has 3 heterocycles. The van der Waals surface area contributed by atoms with Crippen LogP contribution in [-0.2, 0) is 21.1 Å². The Morgan fingerprint density at radius 3 is 2.55 bits per heavy atom. The van der Waals surface area contributed by atoms with Crippen LogP contribution in [0.3, 0.4) is 0 Å². The van der Waals surface area contributed by atoms with Crippen molar-refractivity contribution in [3.63, 3.8) is 0 Å². The summed E-state index contributed by atoms with van der Waals surface area (Å²) in [5.41, 5.74) is 1.45. The lowest BCUT2D eigenvalue weighted by Gasteiger charge is -2.04. The Kier molecular flexibility index (Phi) is 6.29. The Hall–Kier alpha value is -3.14. The fraction of sp³-hybridized carbons (Fsp3) is 0.130. The van der Waals surface area contributed by atoms with Crippen molar-refractivity contribution in [3.05, 3.63) is 90.8 Å². The molecule has 0 saturated carbocycles. The highest BCUT2D eigenvalue weighted by atomic mass is 35.5. The first-order chi connectivity index (χ1) is 15.6. The van der Waals surface area contributed by atoms with Gasteiger partial charge >= 0.3 is 0 Å². The van der Waals surface area contributed by atoms with Crippen LogP contribution in [0.2, 0.25) is 4.34 Å². The van der Waals surface area contributed by atoms with E-state index in [1.165, 1.54) is 30.5 Å². The number of fused-ring (bicyclic) bond motifs is 1. The Bertz CT molecular complexity index is 1610. The van der Waals surface area contributed by atoms with Gasteiger partial charge in [-0.05, 0) is 48.4 Å². The standard InChI is InChI=1S/C23H17ClN2O5S2/c1-13-2-4-16-19(8-13)26-21(28)10-17(23(16)29)18-5-3-14(11-25-18)9-15(27)12-33(30,31)22-7-6-20(24)32-22/h2-8,10-11H,9,12H2,1H3,(H,26,28). The van der Waals surface area contributed by atoms with Gasteiger partial charge in [-0.2, -0.15) is 0 Å². The molecule has 0 saturated heterocycles. The number of rotatable bonds is 6. The molecule has 0 aliphatic carbocycles. The number of pyridine rings is 1. The van der Waals surface area contributed by atoms with Crippen molar-refractivity contribution in [2.24, 2.45) is 0 Å². The SMILES string of the molecule is Cc1ccc2c(=O)c(-c3ccc(CC(=O)CS(=O)(=O)c4ccc(Cl)s4)cn3)cc(=O)[nH]c2c1. The van der Waals surface area contributed by atoms with Crippen molar-refractivity contribution in [1.82, 2.24) is 9.97 Å². The Labute approximate surface area is 197 Å². The first-order valence-corrected chi connectivity index (χ1v) is 12.6. The van der Waals surface area contributed by atoms with E-state index in [1.54, 1.807) is 24.3 Å². The summed E-state index contributed by atoms with van der Waals surface area (Å²) in [6.45, 7) is 1.86. The van der Waals surface area contributed by atoms with Gasteiger partial charge in [0.1, 0.15) is 9.96 Å². The zero-order chi connectivity index (χ0) is 23.8. The minimum atomic E-state index is -3.77. The number of Topliss-reactive ketones (excluding diaryl/α,β-unsaturated/α-hetero) is 1. The number of hydrogen-bond donors (Lipinski definition) is 1. The maximum atomic E-state index is 13.0. The van der Waals surface area contributed by atoms with Gasteiger partial charge in [0, 0.05) is 24.1 Å². The highest BCUT2D eigenvalue weighted by Crippen LogP contribution is 2.26. The van der Waals surface area contributed by atoms with Crippen molar-refractivity contribution in [2.45, 2.75) is 17.6 Å². The van der Waals surface area contributed by atoms with E-state index in [0.717, 1.165) is 16.9 Å². The predicted molar refractivity (Wildman–Crippen MR) is 129 cm³/mol. The van der Waals surface area contributed by atoms with Gasteiger partial charge < -0.3 is 4.98 Å². The van der Waals surface area contributed by atoms with Crippen LogP contribution in [0.15, 0.2) is 68.5 Å². The number of nitrogens with zero attached hydrogens (tertiary/aromatic N) is 1. The molecule has 33 heavy (non-hydrogen) atoms. The van der Waals surface area contributed by atoms with Gasteiger partial charge in [-0.1, -0.05) is 23.7 Å². The molecule has 0 atom stereocenters. The van der Waals surface area contributed by atoms with Gasteiger partial charge in [0.05, 0.1) is 21.1 Å². The lowest BCUT2D eigenvalue weighted by Crippen LogP contribution is -2.17. The Balaban J connectivity index is 1.59. The Morgan fingerprint density at radius 2 is 1.88 bits per heavy atom. The van der Waals surface area contributed by atoms with Gasteiger partial charge in [-0.3, -0.25) is 19.4 Å². The fourth-order valence-electron chi connectivity index (χ4n) is 3.38. The molecule has 3 aromatic heterocycles. The van der Waals surface area contributed by atoms with E-state index in [0.29, 0.717) is 20.8 Å². The number of sulfone groups is 1. The van der Waals surface area contributed by atoms with E-state index in [4.69, 9.17) is 11.6 Å². The van der Waals surface area contributed by atoms with E-state index in [1.807, 2.05) is 6.92 Å². The van der Waals surface area contributed by atoms with Crippen LogP contribution in [0, 0.1) is 6.92 Å². The third kappa shape index (κ3) is 5.11. The number of carbonyl (C=O) groups excluding carboxylic acids is 1. The highest BCUT2D eigenvalue weighted by Gasteiger charge is 2.21. The van der Waals surface area contributed by atoms with E-state index in [9.17, 15) is 22.8 Å². The smallest absolute Gasteiger partial charge is 0.249 e. The maximum Gasteiger partial charge on any atom is 0.249 e. The van der Waals surface area contributed by atoms with Crippen molar-refractivity contribution >= 4 is 49.5 Å². The zero-order valence-corrected chi connectivity index (χ0v) is 19.7. The summed E-state index contributed by atoms with van der Waals surface area (Å²) < 4.78 is 25.1. The minimum Gasteiger partial charge on any atom is -0.322 e. The molecular weight excluding hydrogens is 484 g/mol. The van der Waals surface area contributed by atoms with E-state index >= 15 is 0 Å². The molecule has 0 fully saturated rings. The predicted octanol–water partition coefficient (Wildman–Crippen LogP) is 3.56. The van der Waals surface area contributed by atoms with Gasteiger partial charge in [-0.15, -0.1) is 11.3 Å². The number of nitrogens with one attached hydrogen (secondary N) is 1. The molecule has 4 rings (SSSR count). The molecule has 1 N–H and O–H groups in total. The summed E-state index contributed by atoms with van der Waals surface area (Å²) in [4.78, 5) is 44.6. The first-order valence-electron chi connectivity index (χ1n) is 9.75. The molecule has 168 valence electrons. The van der Waals surface area contributed by atoms with Gasteiger partial charge in [0.25, 0.3) is 0 Å². The Morgan fingerprint density at radius 1 is 1.09 bits per heavy atom. The monoisotopic (exact) mass is 500 g/mol. The molecule has 4 aromatic rings. The molecule has 0 aliphatic heterocycles. The lowest BCUT2D eigenvalue weighted by atomic mass is 10.1. The number of ketones is 1. The number of aromatic amines is 1. The van der Waals surface area contributed by atoms with Crippen LogP contribution in [0.4, 0.5) is 0 Å². The van der Waals surface area contributed by atoms with E-state index in [2.05, 4.69) is 9.97 Å². The van der Waals surface area contributed by atoms with Crippen LogP contribution in [-0.4, -0.2) is 29.9 Å². The molecular formula is C23H17ClN2O5S2. The zero-order valence-electron chi connectivity index (χ0n) is 17.3. The molecule has 1 aromatic carbocycles. The fourth-order valence-corrected chi connectivity index (χ4v) is 6.19. The molecule has 0 amide bonds. The largest absolute Gasteiger partial charge is 0.322 e. The number of aromatic nitrogens is 2. The number of hydrogen-bond acceptors (Lipinski definition) is 7. The van der Waals surface area contributed by atoms with E-state index < -0.39 is 26.9 Å². The third-order valence-corrected chi connectivity index (χ3v) is 8.39. The molecule has 0 bridgehead atoms. The molecule has 0 unspecified atom stereocenters. The second kappa shape index (κ2) is 9.01. The van der Waals surface area contributed by atoms with Crippen molar-refractivity contribution in [1.29, 1.82) is 0 Å². The number of halogens is 1. The number of benzene rings is 1. The highest BCUT2D eigenvalue weighted by molar-refractivity contribution is 7.94. The summed E-state index contributed by atoms with van der Waals surface area (Å²) in [6.07, 6.45) is 1.26. The molecule has 0 spiro atoms. The average Bonchev–Trinajstić information content (AvgIpc) is 3.14. The van der Waals surface area contributed by atoms with Gasteiger partial charge in [0.15, 0.2) is 21.0 Å². The first kappa shape index (κ1) is 23.0. The molecule has 0 radical (unpaired) electrons. The lowest BCUT2D eigenvalue weighted by molar-refractivity contribution is -0.116. The normalized spacial score (nSPS) is 11.6. The van der Waals surface area contributed by atoms with Crippen molar-refractivity contribution < 1.29 is 13.2 Å². The van der Waals surface area contributed by atoms with Crippen molar-refractivity contribution in [3.8, 4) is 11.3 Å². The number of aryl methyl sites for hydroxylation is 1. The van der Waals surface area contributed by atoms with Crippen LogP contribution in [0.5, 0.6) is 0 Å². The summed E-state index contributed by atoms with van der Waals surface area (Å²) in [6, 6.07) is 12.3. The minimum absolute atomic E-state index is 0.0434. The number of H-pyrrole nitrogens is 1. The number of carbonyl (C=O) groups is 1. The molecule has 7 nitrogen and oxygen atoms in total. The second-order valence-corrected chi connectivity index (χ2v) is 11.4. The summed E-state index contributed by atoms with van der Waals surface area (Å²) in [5, 5.41) is 0.359. The van der Waals surface area contributed by atoms with Gasteiger partial charge in [-0.25, -0.2) is 8.42 Å². The average molecular weight is 501 g/mol. The van der Waals surface area contributed by atoms with Crippen molar-refractivity contribution in [2.75, 3.05) is 5.75 Å². The van der Waals surface area contributed by atoms with Crippen LogP contribution >= 0.6 is 22.9 Å². The maximum absolute atomic E-state index is 13.0. The quantitative estimate of drug-likeness (QED) is 0.433. The third-order valence-electron chi connectivity index (χ3n) is 4.91. The summed E-state index contributed by atoms with van der Waals surface area (Å²) in [5.74, 6) is -1.14. The molecule has 10 heteroatoms. The molecule has 0 aliphatic rings.